The Labute approximate surface area is 1000 Å². The first-order valence-corrected chi connectivity index (χ1v) is 19.9. The SMILES string of the molecule is CC(=O)[O-].CC(=O)[O-].CC(=O)[O-].CC(=O)[O-].CC(=O)[O-].CC(=O)[O-].F[B-](F)(F)F.F[B-](F)(F)F.O=S(=O)([O-])[O-].O=S(=O)([O-])[O-].O=S(=O)([O-])[O-].O=S(=O)([O-])[O-].O=S(=O)([O-])[O-].O=[N+]([O-])[O-].O=[N+]([O-])[O-].O=[N+]([O-])[O-].O=[N+]([O-])[O-].O=[N+]([O-])[O-].[BH4-].[BH4-].[Ca+2].[Ca+2].[Ca+2].[Ca+2].[Ca+2].[Ce+3].[Ce+3].[Ce+3].[Ce+4].[Ce+4].[Ce+4].[NH2-].[NH2-].[NH4+].[O-2].[O-2].[O-2].[O-2].[O-2].[O-2].[O-2].[O-2].[O-2].[O-2].[Ti+4].[W+6].[Zr+4]. The molecular formula is C12H34B4Ca5Ce6F8N8O57S5TiWZr-. The zero-order valence-corrected chi connectivity index (χ0v) is 91.7. The Kier molecular flexibility index (Phi) is 647. The summed E-state index contributed by atoms with van der Waals surface area (Å²) in [5.74, 6) is -6.50. The number of carbonyl (C=O) groups excluding carboxylic acids is 6. The van der Waals surface area contributed by atoms with Crippen LogP contribution in [-0.4, -0.2) is 369 Å². The van der Waals surface area contributed by atoms with Crippen LogP contribution >= 0.6 is 0 Å². The monoisotopic (exact) mass is 2920 g/mol. The molecule has 0 spiro atoms. The van der Waals surface area contributed by atoms with Gasteiger partial charge < -0.3 is 289 Å². The number of hydrogen-bond donors (Lipinski definition) is 1. The molecule has 0 atom stereocenters. The summed E-state index contributed by atoms with van der Waals surface area (Å²) in [5, 5.41) is 127. The molecule has 611 valence electrons. The Morgan fingerprint density at radius 3 is 0.278 bits per heavy atom. The zero-order valence-electron chi connectivity index (χ0n) is 50.8. The maximum atomic E-state index is 9.75. The topological polar surface area (TPSA) is 1360 Å². The van der Waals surface area contributed by atoms with Crippen molar-refractivity contribution in [2.75, 3.05) is 0 Å². The zero-order chi connectivity index (χ0) is 70.9. The number of rotatable bonds is 0. The summed E-state index contributed by atoms with van der Waals surface area (Å²) in [4.78, 5) is 94.6. The first-order valence-electron chi connectivity index (χ1n) is 13.3. The van der Waals surface area contributed by atoms with Crippen LogP contribution in [0.2, 0.25) is 0 Å². The normalized spacial score (nSPS) is 6.30. The number of nitrogens with zero attached hydrogens (tertiary/aromatic N) is 5. The first kappa shape index (κ1) is 322. The summed E-state index contributed by atoms with van der Waals surface area (Å²) >= 11 is 0. The second-order valence-corrected chi connectivity index (χ2v) is 11.2. The molecule has 0 unspecified atom stereocenters. The van der Waals surface area contributed by atoms with Crippen molar-refractivity contribution in [2.24, 2.45) is 0 Å². The van der Waals surface area contributed by atoms with E-state index in [0.717, 1.165) is 41.5 Å². The Morgan fingerprint density at radius 1 is 0.278 bits per heavy atom. The molecule has 0 aromatic heterocycles. The van der Waals surface area contributed by atoms with E-state index in [1.54, 1.807) is 0 Å². The number of carboxylic acid groups (broad SMARTS) is 6. The Bertz CT molecular complexity index is 1780. The van der Waals surface area contributed by atoms with Gasteiger partial charge in [0, 0.05) is 87.8 Å². The molecule has 0 heterocycles. The van der Waals surface area contributed by atoms with Crippen LogP contribution in [0.25, 0.3) is 12.3 Å². The molecule has 0 amide bonds. The molecule has 0 fully saturated rings. The van der Waals surface area contributed by atoms with Gasteiger partial charge in [0.25, 0.3) is 0 Å². The molecule has 0 aliphatic carbocycles. The van der Waals surface area contributed by atoms with Crippen LogP contribution in [0.1, 0.15) is 41.5 Å². The minimum atomic E-state index is -6.00. The van der Waals surface area contributed by atoms with Gasteiger partial charge in [-0.15, -0.1) is 0 Å². The van der Waals surface area contributed by atoms with E-state index in [0.29, 0.717) is 0 Å². The minimum Gasteiger partial charge on any atom is -2.00 e. The molecule has 0 rings (SSSR count). The minimum absolute atomic E-state index is 0. The molecule has 65 nitrogen and oxygen atoms in total. The van der Waals surface area contributed by atoms with Crippen molar-refractivity contribution in [3.8, 4) is 0 Å². The van der Waals surface area contributed by atoms with Crippen molar-refractivity contribution < 1.29 is 581 Å². The van der Waals surface area contributed by atoms with Crippen LogP contribution in [0.5, 0.6) is 0 Å². The molecule has 0 saturated heterocycles. The fourth-order valence-electron chi connectivity index (χ4n) is 0. The Morgan fingerprint density at radius 2 is 0.278 bits per heavy atom. The molecule has 0 bridgehead atoms. The summed E-state index contributed by atoms with van der Waals surface area (Å²) in [6.07, 6.45) is 0. The molecule has 0 aliphatic rings. The third-order valence-corrected chi connectivity index (χ3v) is 0. The van der Waals surface area contributed by atoms with Crippen molar-refractivity contribution in [3.05, 3.63) is 88.9 Å². The smallest absolute Gasteiger partial charge is 2.00 e. The Balaban J connectivity index is -0.00000000799. The number of quaternary nitrogens is 1. The largest absolute Gasteiger partial charge is 6.00 e. The van der Waals surface area contributed by atoms with Crippen molar-refractivity contribution in [1.29, 1.82) is 0 Å². The van der Waals surface area contributed by atoms with Gasteiger partial charge in [-0.25, -0.2) is 0 Å². The summed E-state index contributed by atoms with van der Waals surface area (Å²) in [6.45, 7) is 5.83. The number of carbonyl (C=O) groups is 6. The summed E-state index contributed by atoms with van der Waals surface area (Å²) < 4.78 is 248. The molecule has 96 heteroatoms. The van der Waals surface area contributed by atoms with Gasteiger partial charge in [0.2, 0.25) is 0 Å². The fraction of sp³-hybridized carbons (Fsp3) is 0.500. The number of aliphatic carboxylic acids is 6. The third kappa shape index (κ3) is 21800. The van der Waals surface area contributed by atoms with E-state index in [1.807, 2.05) is 0 Å². The maximum absolute atomic E-state index is 9.75. The average Bonchev–Trinajstić information content (AvgIpc) is 2.87. The summed E-state index contributed by atoms with van der Waals surface area (Å²) in [7, 11) is -37.8. The third-order valence-electron chi connectivity index (χ3n) is 0. The molecule has 108 heavy (non-hydrogen) atoms. The predicted octanol–water partition coefficient (Wildman–Crippen LogP) is -16.9. The van der Waals surface area contributed by atoms with Gasteiger partial charge in [0.05, 0.1) is 25.4 Å². The molecule has 0 aromatic carbocycles. The van der Waals surface area contributed by atoms with Gasteiger partial charge in [0.1, 0.15) is 0 Å². The standard InChI is InChI=1S/6C2H4O2.2BF4.2BH4.5Ca.6Ce.5NO3.H3N.2H2N.5H2O4S.10O.Ti.W.Zr/c6*1-2(3)4;2*2-1(3,4)5;;;;;;;;;;;;;;5*2-1(3)4;;;;5*1-5(2,3)4;;;;;;;;;;;;;/h6*1H3,(H,3,4);;;2*1H4;;;;;;;;;;;;;;;;;1H3;2*1H2;5*(H2,1,2,3,4);;;;;;;;;;;;;/q;;;;;;4*-1;5*+2;3*+3;3*+4;5*-1;;2*-1;;;;;;10*-2;+4;+6;+4/p-15. The van der Waals surface area contributed by atoms with Crippen LogP contribution in [0.4, 0.5) is 34.5 Å². The molecule has 0 aromatic rings. The number of carboxylic acids is 6. The van der Waals surface area contributed by atoms with Crippen LogP contribution in [-0.2, 0) is 205 Å². The summed E-state index contributed by atoms with van der Waals surface area (Å²) in [5.41, 5.74) is 0. The second kappa shape index (κ2) is 217. The van der Waals surface area contributed by atoms with Gasteiger partial charge in [-0.05, 0) is 41.5 Å². The van der Waals surface area contributed by atoms with E-state index < -0.39 is 128 Å². The predicted molar refractivity (Wildman–Crippen MR) is 263 cm³/mol. The van der Waals surface area contributed by atoms with Crippen LogP contribution in [0, 0.1) is 327 Å². The second-order valence-electron chi connectivity index (χ2n) is 7.10. The van der Waals surface area contributed by atoms with E-state index in [4.69, 9.17) is 224 Å². The quantitative estimate of drug-likeness (QED) is 0.0588. The molecule has 3 radical (unpaired) electrons. The molecular weight excluding hydrogens is 2890 g/mol. The van der Waals surface area contributed by atoms with Gasteiger partial charge in [-0.2, -0.15) is 0 Å². The van der Waals surface area contributed by atoms with Gasteiger partial charge in [-0.1, -0.05) is 16.8 Å². The van der Waals surface area contributed by atoms with Crippen LogP contribution in [0.15, 0.2) is 0 Å². The van der Waals surface area contributed by atoms with Crippen molar-refractivity contribution in [3.63, 3.8) is 0 Å². The van der Waals surface area contributed by atoms with Crippen molar-refractivity contribution in [2.45, 2.75) is 41.5 Å². The van der Waals surface area contributed by atoms with E-state index >= 15 is 0 Å². The van der Waals surface area contributed by atoms with E-state index in [-0.39, 0.29) is 598 Å². The van der Waals surface area contributed by atoms with Gasteiger partial charge in [-0.3, -0.25) is 42.1 Å². The molecule has 0 saturated carbocycles. The summed E-state index contributed by atoms with van der Waals surface area (Å²) in [6, 6.07) is 0. The van der Waals surface area contributed by atoms with Gasteiger partial charge >= 0.3 is 523 Å². The average molecular weight is 2920 g/mol. The fourth-order valence-corrected chi connectivity index (χ4v) is 0. The van der Waals surface area contributed by atoms with Crippen LogP contribution < -0.4 is 36.8 Å². The van der Waals surface area contributed by atoms with Crippen LogP contribution in [0.3, 0.4) is 0 Å². The molecule has 8 N–H and O–H groups in total. The maximum Gasteiger partial charge on any atom is 6.00 e. The number of nitrogens with two attached hydrogens (primary N) is 2. The first-order chi connectivity index (χ1) is 33.1. The van der Waals surface area contributed by atoms with Gasteiger partial charge in [0.15, 0.2) is 0 Å². The van der Waals surface area contributed by atoms with E-state index in [2.05, 4.69) is 0 Å². The van der Waals surface area contributed by atoms with E-state index in [9.17, 15) is 34.5 Å². The van der Waals surface area contributed by atoms with Crippen molar-refractivity contribution in [1.82, 2.24) is 6.15 Å². The van der Waals surface area contributed by atoms with Crippen molar-refractivity contribution >= 4 is 308 Å². The van der Waals surface area contributed by atoms with E-state index in [1.165, 1.54) is 0 Å². The molecule has 0 aliphatic heterocycles. The Hall–Kier alpha value is 8.19. The number of hydrogen-bond acceptors (Lipinski definition) is 47. The number of halogens is 8.